The van der Waals surface area contributed by atoms with E-state index in [0.29, 0.717) is 5.56 Å². The van der Waals surface area contributed by atoms with Crippen LogP contribution in [0.5, 0.6) is 5.75 Å². The maximum atomic E-state index is 11.3. The van der Waals surface area contributed by atoms with Gasteiger partial charge in [-0.25, -0.2) is 0 Å². The van der Waals surface area contributed by atoms with Gasteiger partial charge in [-0.15, -0.1) is 0 Å². The molecular formula is C16H22O3. The van der Waals surface area contributed by atoms with Crippen molar-refractivity contribution in [2.45, 2.75) is 58.2 Å². The molecule has 19 heavy (non-hydrogen) atoms. The molecule has 0 aliphatic heterocycles. The van der Waals surface area contributed by atoms with Gasteiger partial charge in [-0.05, 0) is 56.9 Å². The molecule has 0 saturated heterocycles. The number of carbonyl (C=O) groups excluding carboxylic acids is 1. The van der Waals surface area contributed by atoms with Gasteiger partial charge >= 0.3 is 0 Å². The Hall–Kier alpha value is -1.35. The molecule has 1 aromatic rings. The molecule has 1 saturated carbocycles. The van der Waals surface area contributed by atoms with Gasteiger partial charge in [0.2, 0.25) is 0 Å². The first-order chi connectivity index (χ1) is 9.08. The molecule has 1 aromatic carbocycles. The highest BCUT2D eigenvalue weighted by Gasteiger charge is 2.23. The Kier molecular flexibility index (Phi) is 4.59. The molecule has 3 heteroatoms. The van der Waals surface area contributed by atoms with Crippen molar-refractivity contribution in [3.8, 4) is 5.75 Å². The van der Waals surface area contributed by atoms with Crippen LogP contribution >= 0.6 is 0 Å². The van der Waals surface area contributed by atoms with Gasteiger partial charge in [0.05, 0.1) is 6.10 Å². The van der Waals surface area contributed by atoms with Crippen LogP contribution in [0, 0.1) is 6.92 Å². The Balaban J connectivity index is 2.11. The van der Waals surface area contributed by atoms with E-state index < -0.39 is 0 Å². The van der Waals surface area contributed by atoms with Crippen molar-refractivity contribution in [1.82, 2.24) is 0 Å². The number of rotatable bonds is 3. The van der Waals surface area contributed by atoms with Crippen molar-refractivity contribution in [3.05, 3.63) is 29.3 Å². The first-order valence-corrected chi connectivity index (χ1v) is 7.04. The third-order valence-electron chi connectivity index (χ3n) is 3.78. The lowest BCUT2D eigenvalue weighted by Gasteiger charge is -2.23. The number of benzene rings is 1. The highest BCUT2D eigenvalue weighted by Crippen LogP contribution is 2.26. The van der Waals surface area contributed by atoms with Crippen LogP contribution in [-0.2, 0) is 0 Å². The minimum absolute atomic E-state index is 0.0594. The largest absolute Gasteiger partial charge is 0.487 e. The molecule has 0 radical (unpaired) electrons. The van der Waals surface area contributed by atoms with Crippen molar-refractivity contribution in [2.24, 2.45) is 0 Å². The summed E-state index contributed by atoms with van der Waals surface area (Å²) in [5, 5.41) is 10.1. The molecule has 0 bridgehead atoms. The number of aliphatic hydroxyl groups is 1. The lowest BCUT2D eigenvalue weighted by molar-refractivity contribution is 0.0316. The SMILES string of the molecule is CC(=O)c1ccc(OC2CCCCCC2O)c(C)c1. The van der Waals surface area contributed by atoms with Gasteiger partial charge in [0.25, 0.3) is 0 Å². The molecule has 2 rings (SSSR count). The predicted molar refractivity (Wildman–Crippen MR) is 74.7 cm³/mol. The molecular weight excluding hydrogens is 240 g/mol. The molecule has 0 aromatic heterocycles. The number of ketones is 1. The molecule has 0 spiro atoms. The van der Waals surface area contributed by atoms with E-state index >= 15 is 0 Å². The Morgan fingerprint density at radius 2 is 2.00 bits per heavy atom. The molecule has 1 fully saturated rings. The fourth-order valence-electron chi connectivity index (χ4n) is 2.56. The van der Waals surface area contributed by atoms with Crippen LogP contribution in [-0.4, -0.2) is 23.1 Å². The highest BCUT2D eigenvalue weighted by atomic mass is 16.5. The molecule has 0 heterocycles. The van der Waals surface area contributed by atoms with E-state index in [0.717, 1.165) is 37.0 Å². The third-order valence-corrected chi connectivity index (χ3v) is 3.78. The number of aliphatic hydroxyl groups excluding tert-OH is 1. The van der Waals surface area contributed by atoms with Gasteiger partial charge in [-0.2, -0.15) is 0 Å². The first kappa shape index (κ1) is 14.1. The first-order valence-electron chi connectivity index (χ1n) is 7.04. The monoisotopic (exact) mass is 262 g/mol. The molecule has 0 amide bonds. The third kappa shape index (κ3) is 3.57. The second kappa shape index (κ2) is 6.20. The van der Waals surface area contributed by atoms with Crippen molar-refractivity contribution < 1.29 is 14.6 Å². The van der Waals surface area contributed by atoms with Gasteiger partial charge in [-0.1, -0.05) is 12.8 Å². The van der Waals surface area contributed by atoms with E-state index in [9.17, 15) is 9.90 Å². The summed E-state index contributed by atoms with van der Waals surface area (Å²) in [6, 6.07) is 5.47. The quantitative estimate of drug-likeness (QED) is 0.671. The second-order valence-corrected chi connectivity index (χ2v) is 5.40. The maximum absolute atomic E-state index is 11.3. The summed E-state index contributed by atoms with van der Waals surface area (Å²) in [7, 11) is 0. The van der Waals surface area contributed by atoms with Crippen LogP contribution < -0.4 is 4.74 Å². The Labute approximate surface area is 114 Å². The van der Waals surface area contributed by atoms with Crippen molar-refractivity contribution in [3.63, 3.8) is 0 Å². The predicted octanol–water partition coefficient (Wildman–Crippen LogP) is 3.27. The van der Waals surface area contributed by atoms with Gasteiger partial charge in [0.15, 0.2) is 5.78 Å². The van der Waals surface area contributed by atoms with E-state index in [4.69, 9.17) is 4.74 Å². The Morgan fingerprint density at radius 1 is 1.26 bits per heavy atom. The standard InChI is InChI=1S/C16H22O3/c1-11-10-13(12(2)17)8-9-15(11)19-16-7-5-3-4-6-14(16)18/h8-10,14,16,18H,3-7H2,1-2H3. The number of Topliss-reactive ketones (excluding diaryl/α,β-unsaturated/α-hetero) is 1. The molecule has 1 N–H and O–H groups in total. The normalized spacial score (nSPS) is 23.7. The van der Waals surface area contributed by atoms with Crippen LogP contribution in [0.2, 0.25) is 0 Å². The van der Waals surface area contributed by atoms with E-state index in [-0.39, 0.29) is 18.0 Å². The zero-order chi connectivity index (χ0) is 13.8. The summed E-state index contributed by atoms with van der Waals surface area (Å²) >= 11 is 0. The van der Waals surface area contributed by atoms with Crippen LogP contribution in [0.4, 0.5) is 0 Å². The van der Waals surface area contributed by atoms with Crippen LogP contribution in [0.1, 0.15) is 54.9 Å². The van der Waals surface area contributed by atoms with Crippen LogP contribution in [0.15, 0.2) is 18.2 Å². The summed E-state index contributed by atoms with van der Waals surface area (Å²) < 4.78 is 5.95. The minimum Gasteiger partial charge on any atom is -0.487 e. The maximum Gasteiger partial charge on any atom is 0.159 e. The summed E-state index contributed by atoms with van der Waals surface area (Å²) in [5.41, 5.74) is 1.65. The fourth-order valence-corrected chi connectivity index (χ4v) is 2.56. The molecule has 104 valence electrons. The topological polar surface area (TPSA) is 46.5 Å². The zero-order valence-corrected chi connectivity index (χ0v) is 11.7. The van der Waals surface area contributed by atoms with Crippen molar-refractivity contribution >= 4 is 5.78 Å². The van der Waals surface area contributed by atoms with Gasteiger partial charge < -0.3 is 9.84 Å². The molecule has 2 unspecified atom stereocenters. The Morgan fingerprint density at radius 3 is 2.68 bits per heavy atom. The van der Waals surface area contributed by atoms with Gasteiger partial charge in [0.1, 0.15) is 11.9 Å². The zero-order valence-electron chi connectivity index (χ0n) is 11.7. The van der Waals surface area contributed by atoms with Gasteiger partial charge in [0, 0.05) is 5.56 Å². The second-order valence-electron chi connectivity index (χ2n) is 5.40. The van der Waals surface area contributed by atoms with E-state index in [1.807, 2.05) is 19.1 Å². The van der Waals surface area contributed by atoms with Gasteiger partial charge in [-0.3, -0.25) is 4.79 Å². The van der Waals surface area contributed by atoms with E-state index in [2.05, 4.69) is 0 Å². The van der Waals surface area contributed by atoms with Crippen molar-refractivity contribution in [2.75, 3.05) is 0 Å². The summed E-state index contributed by atoms with van der Waals surface area (Å²) in [6.45, 7) is 3.50. The number of hydrogen-bond acceptors (Lipinski definition) is 3. The number of hydrogen-bond donors (Lipinski definition) is 1. The lowest BCUT2D eigenvalue weighted by atomic mass is 10.1. The molecule has 2 atom stereocenters. The lowest BCUT2D eigenvalue weighted by Crippen LogP contribution is -2.30. The molecule has 1 aliphatic rings. The number of carbonyl (C=O) groups is 1. The minimum atomic E-state index is -0.380. The molecule has 1 aliphatic carbocycles. The Bertz CT molecular complexity index is 453. The average molecular weight is 262 g/mol. The summed E-state index contributed by atoms with van der Waals surface area (Å²) in [6.07, 6.45) is 4.55. The van der Waals surface area contributed by atoms with Crippen molar-refractivity contribution in [1.29, 1.82) is 0 Å². The average Bonchev–Trinajstić information content (AvgIpc) is 2.57. The van der Waals surface area contributed by atoms with E-state index in [1.165, 1.54) is 6.42 Å². The molecule has 3 nitrogen and oxygen atoms in total. The van der Waals surface area contributed by atoms with Crippen LogP contribution in [0.25, 0.3) is 0 Å². The number of aryl methyl sites for hydroxylation is 1. The summed E-state index contributed by atoms with van der Waals surface area (Å²) in [5.74, 6) is 0.833. The fraction of sp³-hybridized carbons (Fsp3) is 0.562. The van der Waals surface area contributed by atoms with E-state index in [1.54, 1.807) is 13.0 Å². The summed E-state index contributed by atoms with van der Waals surface area (Å²) in [4.78, 5) is 11.3. The van der Waals surface area contributed by atoms with Crippen LogP contribution in [0.3, 0.4) is 0 Å². The highest BCUT2D eigenvalue weighted by molar-refractivity contribution is 5.94. The smallest absolute Gasteiger partial charge is 0.159 e. The number of ether oxygens (including phenoxy) is 1.